The van der Waals surface area contributed by atoms with E-state index in [0.717, 1.165) is 28.9 Å². The number of hydrogen-bond acceptors (Lipinski definition) is 3. The van der Waals surface area contributed by atoms with Crippen LogP contribution in [0.25, 0.3) is 5.57 Å². The lowest BCUT2D eigenvalue weighted by atomic mass is 9.74. The Morgan fingerprint density at radius 2 is 1.94 bits per heavy atom. The molecule has 0 saturated heterocycles. The molecule has 0 fully saturated rings. The van der Waals surface area contributed by atoms with E-state index in [-0.39, 0.29) is 19.1 Å². The highest BCUT2D eigenvalue weighted by atomic mass is 16.5. The molecule has 1 atom stereocenters. The molecule has 0 spiro atoms. The van der Waals surface area contributed by atoms with Gasteiger partial charge in [-0.3, -0.25) is 0 Å². The quantitative estimate of drug-likeness (QED) is 0.807. The monoisotopic (exact) mass is 220 g/mol. The summed E-state index contributed by atoms with van der Waals surface area (Å²) in [6.45, 7) is 0.225. The molecule has 0 bridgehead atoms. The topological polar surface area (TPSA) is 49.7 Å². The van der Waals surface area contributed by atoms with Crippen LogP contribution in [0.5, 0.6) is 5.75 Å². The van der Waals surface area contributed by atoms with Crippen LogP contribution in [0.15, 0.2) is 29.8 Å². The summed E-state index contributed by atoms with van der Waals surface area (Å²) in [7, 11) is 1.63. The summed E-state index contributed by atoms with van der Waals surface area (Å²) in [5.74, 6) is 0.991. The van der Waals surface area contributed by atoms with E-state index in [0.29, 0.717) is 0 Å². The van der Waals surface area contributed by atoms with Gasteiger partial charge in [0.15, 0.2) is 0 Å². The molecule has 0 aromatic heterocycles. The Morgan fingerprint density at radius 3 is 2.44 bits per heavy atom. The Kier molecular flexibility index (Phi) is 3.27. The van der Waals surface area contributed by atoms with E-state index in [1.54, 1.807) is 7.11 Å². The van der Waals surface area contributed by atoms with Gasteiger partial charge in [-0.15, -0.1) is 0 Å². The molecular weight excluding hydrogens is 204 g/mol. The molecule has 16 heavy (non-hydrogen) atoms. The highest BCUT2D eigenvalue weighted by Crippen LogP contribution is 2.41. The smallest absolute Gasteiger partial charge is 0.118 e. The number of aliphatic hydroxyl groups is 2. The number of ether oxygens (including phenoxy) is 1. The molecule has 0 saturated carbocycles. The van der Waals surface area contributed by atoms with Crippen LogP contribution < -0.4 is 4.74 Å². The molecule has 3 heteroatoms. The van der Waals surface area contributed by atoms with E-state index < -0.39 is 0 Å². The van der Waals surface area contributed by atoms with Crippen molar-refractivity contribution in [2.45, 2.75) is 6.42 Å². The van der Waals surface area contributed by atoms with Gasteiger partial charge >= 0.3 is 0 Å². The number of benzene rings is 1. The van der Waals surface area contributed by atoms with E-state index in [4.69, 9.17) is 9.84 Å². The van der Waals surface area contributed by atoms with Crippen molar-refractivity contribution < 1.29 is 14.9 Å². The second kappa shape index (κ2) is 4.68. The van der Waals surface area contributed by atoms with Crippen molar-refractivity contribution in [1.82, 2.24) is 0 Å². The van der Waals surface area contributed by atoms with Crippen molar-refractivity contribution in [3.63, 3.8) is 0 Å². The van der Waals surface area contributed by atoms with Crippen LogP contribution in [0.3, 0.4) is 0 Å². The third-order valence-electron chi connectivity index (χ3n) is 3.09. The van der Waals surface area contributed by atoms with Crippen LogP contribution in [0.2, 0.25) is 0 Å². The molecule has 0 amide bonds. The Hall–Kier alpha value is -1.32. The summed E-state index contributed by atoms with van der Waals surface area (Å²) < 4.78 is 5.09. The first-order valence-electron chi connectivity index (χ1n) is 5.38. The van der Waals surface area contributed by atoms with Crippen LogP contribution in [0.1, 0.15) is 12.0 Å². The van der Waals surface area contributed by atoms with Crippen LogP contribution in [0, 0.1) is 5.92 Å². The van der Waals surface area contributed by atoms with Crippen LogP contribution in [-0.4, -0.2) is 30.5 Å². The summed E-state index contributed by atoms with van der Waals surface area (Å²) in [4.78, 5) is 0. The van der Waals surface area contributed by atoms with Gasteiger partial charge in [0.1, 0.15) is 5.75 Å². The summed E-state index contributed by atoms with van der Waals surface area (Å²) in [5.41, 5.74) is 3.19. The zero-order chi connectivity index (χ0) is 11.5. The lowest BCUT2D eigenvalue weighted by Crippen LogP contribution is -2.22. The normalized spacial score (nSPS) is 19.6. The third-order valence-corrected chi connectivity index (χ3v) is 3.09. The maximum absolute atomic E-state index is 9.19. The van der Waals surface area contributed by atoms with Crippen molar-refractivity contribution in [3.05, 3.63) is 35.4 Å². The van der Waals surface area contributed by atoms with Gasteiger partial charge < -0.3 is 14.9 Å². The van der Waals surface area contributed by atoms with E-state index in [1.807, 2.05) is 24.3 Å². The number of hydrogen-bond donors (Lipinski definition) is 2. The van der Waals surface area contributed by atoms with Crippen molar-refractivity contribution in [3.8, 4) is 5.75 Å². The standard InChI is InChI=1S/C13H16O3/c1-16-12-4-2-9(3-5-12)13-10(7-14)6-11(13)8-15/h2-5,10,14-15H,6-8H2,1H3. The summed E-state index contributed by atoms with van der Waals surface area (Å²) >= 11 is 0. The van der Waals surface area contributed by atoms with Crippen LogP contribution >= 0.6 is 0 Å². The Labute approximate surface area is 95.0 Å². The molecule has 0 aliphatic heterocycles. The van der Waals surface area contributed by atoms with Crippen molar-refractivity contribution in [1.29, 1.82) is 0 Å². The van der Waals surface area contributed by atoms with Gasteiger partial charge in [-0.1, -0.05) is 12.1 Å². The molecule has 2 rings (SSSR count). The van der Waals surface area contributed by atoms with Gasteiger partial charge in [0.2, 0.25) is 0 Å². The summed E-state index contributed by atoms with van der Waals surface area (Å²) in [6, 6.07) is 7.71. The molecule has 1 aliphatic rings. The maximum atomic E-state index is 9.19. The maximum Gasteiger partial charge on any atom is 0.118 e. The second-order valence-electron chi connectivity index (χ2n) is 3.99. The lowest BCUT2D eigenvalue weighted by molar-refractivity contribution is 0.236. The molecule has 86 valence electrons. The van der Waals surface area contributed by atoms with E-state index >= 15 is 0 Å². The average molecular weight is 220 g/mol. The van der Waals surface area contributed by atoms with E-state index in [9.17, 15) is 5.11 Å². The molecule has 1 aromatic rings. The van der Waals surface area contributed by atoms with Crippen LogP contribution in [-0.2, 0) is 0 Å². The number of aliphatic hydroxyl groups excluding tert-OH is 2. The van der Waals surface area contributed by atoms with Gasteiger partial charge in [0.05, 0.1) is 20.3 Å². The zero-order valence-electron chi connectivity index (χ0n) is 9.31. The zero-order valence-corrected chi connectivity index (χ0v) is 9.31. The third kappa shape index (κ3) is 1.84. The largest absolute Gasteiger partial charge is 0.497 e. The lowest BCUT2D eigenvalue weighted by Gasteiger charge is -2.32. The minimum atomic E-state index is 0.0812. The predicted molar refractivity (Wildman–Crippen MR) is 62.2 cm³/mol. The van der Waals surface area contributed by atoms with Crippen LogP contribution in [0.4, 0.5) is 0 Å². The molecule has 2 N–H and O–H groups in total. The molecule has 0 radical (unpaired) electrons. The molecule has 3 nitrogen and oxygen atoms in total. The van der Waals surface area contributed by atoms with Crippen molar-refractivity contribution in [2.75, 3.05) is 20.3 Å². The Morgan fingerprint density at radius 1 is 1.25 bits per heavy atom. The minimum absolute atomic E-state index is 0.0812. The molecule has 1 aliphatic carbocycles. The minimum Gasteiger partial charge on any atom is -0.497 e. The average Bonchev–Trinajstić information content (AvgIpc) is 2.30. The highest BCUT2D eigenvalue weighted by Gasteiger charge is 2.29. The fraction of sp³-hybridized carbons (Fsp3) is 0.385. The first kappa shape index (κ1) is 11.2. The summed E-state index contributed by atoms with van der Waals surface area (Å²) in [6.07, 6.45) is 0.800. The van der Waals surface area contributed by atoms with Gasteiger partial charge in [0.25, 0.3) is 0 Å². The van der Waals surface area contributed by atoms with Crippen molar-refractivity contribution >= 4 is 5.57 Å². The molecular formula is C13H16O3. The van der Waals surface area contributed by atoms with Gasteiger partial charge in [-0.05, 0) is 35.3 Å². The first-order valence-corrected chi connectivity index (χ1v) is 5.38. The Bertz CT molecular complexity index is 392. The Balaban J connectivity index is 2.28. The fourth-order valence-corrected chi connectivity index (χ4v) is 2.18. The first-order chi connectivity index (χ1) is 7.80. The molecule has 1 aromatic carbocycles. The number of rotatable bonds is 4. The predicted octanol–water partition coefficient (Wildman–Crippen LogP) is 1.45. The number of methoxy groups -OCH3 is 1. The molecule has 0 heterocycles. The van der Waals surface area contributed by atoms with Gasteiger partial charge in [-0.2, -0.15) is 0 Å². The fourth-order valence-electron chi connectivity index (χ4n) is 2.18. The van der Waals surface area contributed by atoms with E-state index in [2.05, 4.69) is 0 Å². The highest BCUT2D eigenvalue weighted by molar-refractivity contribution is 5.76. The second-order valence-corrected chi connectivity index (χ2v) is 3.99. The molecule has 1 unspecified atom stereocenters. The summed E-state index contributed by atoms with van der Waals surface area (Å²) in [5, 5.41) is 18.4. The van der Waals surface area contributed by atoms with Crippen molar-refractivity contribution in [2.24, 2.45) is 5.92 Å². The van der Waals surface area contributed by atoms with Gasteiger partial charge in [0, 0.05) is 5.92 Å². The SMILES string of the molecule is COc1ccc(C2=C(CO)CC2CO)cc1. The van der Waals surface area contributed by atoms with E-state index in [1.165, 1.54) is 0 Å². The van der Waals surface area contributed by atoms with Gasteiger partial charge in [-0.25, -0.2) is 0 Å².